The van der Waals surface area contributed by atoms with Crippen LogP contribution in [0.3, 0.4) is 0 Å². The molecule has 18 rings (SSSR count). The Kier molecular flexibility index (Phi) is 14.6. The molecule has 0 atom stereocenters. The predicted molar refractivity (Wildman–Crippen MR) is 407 cm³/mol. The van der Waals surface area contributed by atoms with Gasteiger partial charge in [0.1, 0.15) is 0 Å². The summed E-state index contributed by atoms with van der Waals surface area (Å²) in [4.78, 5) is 32.1. The van der Waals surface area contributed by atoms with Gasteiger partial charge in [-0.25, -0.2) is 29.9 Å². The highest BCUT2D eigenvalue weighted by atomic mass is 15.0. The smallest absolute Gasteiger partial charge is 0.164 e. The van der Waals surface area contributed by atoms with E-state index in [1.165, 1.54) is 0 Å². The van der Waals surface area contributed by atoms with E-state index in [-0.39, 0.29) is 0 Å². The molecule has 0 saturated carbocycles. The monoisotopic (exact) mass is 1260 g/mol. The van der Waals surface area contributed by atoms with Crippen molar-refractivity contribution in [3.05, 3.63) is 346 Å². The molecule has 0 amide bonds. The Hall–Kier alpha value is -13.3. The van der Waals surface area contributed by atoms with Gasteiger partial charge in [-0.3, -0.25) is 0 Å². The van der Waals surface area contributed by atoms with Crippen LogP contribution in [0.5, 0.6) is 0 Å². The number of benzene rings is 14. The molecule has 8 nitrogen and oxygen atoms in total. The first-order chi connectivity index (χ1) is 49.0. The van der Waals surface area contributed by atoms with Crippen molar-refractivity contribution in [1.82, 2.24) is 39.0 Å². The number of hydrogen-bond donors (Lipinski definition) is 0. The van der Waals surface area contributed by atoms with Crippen LogP contribution in [0, 0.1) is 0 Å². The minimum Gasteiger partial charge on any atom is -0.343 e. The maximum absolute atomic E-state index is 5.45. The topological polar surface area (TPSA) is 87.2 Å². The van der Waals surface area contributed by atoms with Gasteiger partial charge in [-0.2, -0.15) is 0 Å². The molecule has 0 bridgehead atoms. The van der Waals surface area contributed by atoms with Gasteiger partial charge in [0.25, 0.3) is 0 Å². The minimum absolute atomic E-state index is 0.572. The van der Waals surface area contributed by atoms with E-state index < -0.39 is 0 Å². The number of aromatic nitrogens is 8. The average molecular weight is 1270 g/mol. The Morgan fingerprint density at radius 2 is 0.515 bits per heavy atom. The van der Waals surface area contributed by atoms with Crippen molar-refractivity contribution in [2.75, 3.05) is 0 Å². The van der Waals surface area contributed by atoms with Gasteiger partial charge in [-0.1, -0.05) is 273 Å². The van der Waals surface area contributed by atoms with Gasteiger partial charge in [0.15, 0.2) is 34.9 Å². The fraction of sp³-hybridized carbons (Fsp3) is 0.0110. The molecule has 0 aliphatic heterocycles. The van der Waals surface area contributed by atoms with Crippen molar-refractivity contribution in [2.45, 2.75) is 0 Å². The summed E-state index contributed by atoms with van der Waals surface area (Å²) in [5.74, 6) is 3.50. The number of aryl methyl sites for hydroxylation is 1. The highest BCUT2D eigenvalue weighted by Gasteiger charge is 2.26. The van der Waals surface area contributed by atoms with Crippen LogP contribution in [-0.4, -0.2) is 39.0 Å². The molecule has 18 aromatic rings. The lowest BCUT2D eigenvalue weighted by Crippen LogP contribution is -2.01. The molecule has 0 aliphatic rings. The predicted octanol–water partition coefficient (Wildman–Crippen LogP) is 22.8. The number of nitrogens with zero attached hydrogens (tertiary/aromatic N) is 8. The summed E-state index contributed by atoms with van der Waals surface area (Å²) in [7, 11) is 2.22. The first-order valence-electron chi connectivity index (χ1n) is 33.4. The summed E-state index contributed by atoms with van der Waals surface area (Å²) in [6, 6.07) is 122. The second kappa shape index (κ2) is 24.8. The molecule has 0 N–H and O–H groups in total. The van der Waals surface area contributed by atoms with Crippen molar-refractivity contribution in [2.24, 2.45) is 7.05 Å². The summed E-state index contributed by atoms with van der Waals surface area (Å²) in [5, 5.41) is 4.58. The molecule has 0 saturated heterocycles. The zero-order valence-electron chi connectivity index (χ0n) is 54.0. The van der Waals surface area contributed by atoms with E-state index in [2.05, 4.69) is 326 Å². The Morgan fingerprint density at radius 3 is 0.960 bits per heavy atom. The highest BCUT2D eigenvalue weighted by molar-refractivity contribution is 6.30. The van der Waals surface area contributed by atoms with Crippen LogP contribution in [-0.2, 0) is 7.05 Å². The third-order valence-electron chi connectivity index (χ3n) is 18.9. The molecule has 0 spiro atoms. The molecule has 0 aliphatic carbocycles. The van der Waals surface area contributed by atoms with Gasteiger partial charge in [0.05, 0.1) is 22.1 Å². The van der Waals surface area contributed by atoms with E-state index in [1.807, 2.05) is 36.4 Å². The number of rotatable bonds is 13. The molecule has 4 heterocycles. The molecule has 0 unspecified atom stereocenters. The Balaban J connectivity index is 0.832. The Bertz CT molecular complexity index is 5960. The Morgan fingerprint density at radius 1 is 0.202 bits per heavy atom. The first-order valence-corrected chi connectivity index (χ1v) is 33.4. The molecule has 4 aromatic heterocycles. The lowest BCUT2D eigenvalue weighted by molar-refractivity contribution is 1.02. The minimum atomic E-state index is 0.572. The van der Waals surface area contributed by atoms with Crippen molar-refractivity contribution >= 4 is 43.6 Å². The summed E-state index contributed by atoms with van der Waals surface area (Å²) in [6.45, 7) is 0. The lowest BCUT2D eigenvalue weighted by atomic mass is 9.95. The van der Waals surface area contributed by atoms with Crippen LogP contribution in [0.1, 0.15) is 0 Å². The van der Waals surface area contributed by atoms with Gasteiger partial charge >= 0.3 is 0 Å². The lowest BCUT2D eigenvalue weighted by Gasteiger charge is -2.14. The number of hydrogen-bond acceptors (Lipinski definition) is 6. The van der Waals surface area contributed by atoms with Crippen LogP contribution in [0.2, 0.25) is 0 Å². The third kappa shape index (κ3) is 10.8. The number of fused-ring (bicyclic) bond motifs is 7. The van der Waals surface area contributed by atoms with E-state index in [4.69, 9.17) is 29.9 Å². The van der Waals surface area contributed by atoms with Crippen LogP contribution >= 0.6 is 0 Å². The van der Waals surface area contributed by atoms with Crippen molar-refractivity contribution in [3.63, 3.8) is 0 Å². The van der Waals surface area contributed by atoms with Crippen molar-refractivity contribution in [3.8, 4) is 141 Å². The van der Waals surface area contributed by atoms with E-state index in [9.17, 15) is 0 Å². The van der Waals surface area contributed by atoms with E-state index in [1.54, 1.807) is 0 Å². The van der Waals surface area contributed by atoms with Gasteiger partial charge in [-0.05, 0) is 128 Å². The molecule has 0 fully saturated rings. The zero-order chi connectivity index (χ0) is 65.8. The third-order valence-corrected chi connectivity index (χ3v) is 18.9. The van der Waals surface area contributed by atoms with Gasteiger partial charge in [0, 0.05) is 78.8 Å². The molecule has 99 heavy (non-hydrogen) atoms. The maximum atomic E-state index is 5.45. The molecule has 464 valence electrons. The Labute approximate surface area is 572 Å². The van der Waals surface area contributed by atoms with Crippen LogP contribution in [0.25, 0.3) is 184 Å². The largest absolute Gasteiger partial charge is 0.343 e. The second-order valence-corrected chi connectivity index (χ2v) is 25.1. The molecule has 8 heteroatoms. The van der Waals surface area contributed by atoms with E-state index in [0.717, 1.165) is 149 Å². The van der Waals surface area contributed by atoms with Gasteiger partial charge in [0.2, 0.25) is 0 Å². The fourth-order valence-electron chi connectivity index (χ4n) is 14.3. The fourth-order valence-corrected chi connectivity index (χ4v) is 14.3. The van der Waals surface area contributed by atoms with Crippen LogP contribution in [0.15, 0.2) is 346 Å². The van der Waals surface area contributed by atoms with E-state index >= 15 is 0 Å². The zero-order valence-corrected chi connectivity index (χ0v) is 54.0. The van der Waals surface area contributed by atoms with Crippen molar-refractivity contribution in [1.29, 1.82) is 0 Å². The van der Waals surface area contributed by atoms with Crippen LogP contribution < -0.4 is 0 Å². The quantitative estimate of drug-likeness (QED) is 0.114. The average Bonchev–Trinajstić information content (AvgIpc) is 1.53. The first kappa shape index (κ1) is 58.3. The van der Waals surface area contributed by atoms with Crippen LogP contribution in [0.4, 0.5) is 0 Å². The summed E-state index contributed by atoms with van der Waals surface area (Å²) < 4.78 is 4.87. The summed E-state index contributed by atoms with van der Waals surface area (Å²) >= 11 is 0. The number of para-hydroxylation sites is 3. The molecular weight excluding hydrogens is 1210 g/mol. The SMILES string of the molecule is Cn1c2c(-c3cccc(-c4nc(-c5ccccc5)nc(-c5cc(-c6ccccc6)cc(-c6ccccc6)c5)n4)c3)cccc2c2c1c(-c1cccc(-c3nc(-c4ccccc4)nc(-c4cc(-c5ccccc5)cc(-c5ccccc5)c4)n3)c1)cc1c3ccccc3n(-c3ccccc3)c12. The van der Waals surface area contributed by atoms with E-state index in [0.29, 0.717) is 34.9 Å². The molecule has 14 aromatic carbocycles. The van der Waals surface area contributed by atoms with Gasteiger partial charge < -0.3 is 9.13 Å². The molecule has 0 radical (unpaired) electrons. The molecular formula is C91H60N8. The van der Waals surface area contributed by atoms with Crippen molar-refractivity contribution < 1.29 is 0 Å². The maximum Gasteiger partial charge on any atom is 0.164 e. The normalized spacial score (nSPS) is 11.5. The van der Waals surface area contributed by atoms with Gasteiger partial charge in [-0.15, -0.1) is 0 Å². The summed E-state index contributed by atoms with van der Waals surface area (Å²) in [6.07, 6.45) is 0. The second-order valence-electron chi connectivity index (χ2n) is 25.1. The highest BCUT2D eigenvalue weighted by Crippen LogP contribution is 2.48. The summed E-state index contributed by atoms with van der Waals surface area (Å²) in [5.41, 5.74) is 23.8. The standard InChI is InChI=1S/C91H60N8/c1-98-83-76(65-40-25-42-67(50-65)88-92-86(63-36-17-6-18-37-63)94-90(96-88)73-54-69(59-28-9-2-10-29-59)52-70(55-73)60-30-11-3-12-31-60)47-27-48-78(83)82-84(98)79(58-80-77-46-23-24-49-81(77)99(85(80)82)75-44-21-8-22-45-75)66-41-26-43-68(51-66)89-93-87(64-38-19-7-20-39-64)95-91(97-89)74-56-71(61-32-13-4-14-33-61)53-72(57-74)62-34-15-5-16-35-62/h2-58H,1H3.